The molecule has 0 aliphatic heterocycles. The van der Waals surface area contributed by atoms with E-state index in [0.29, 0.717) is 16.7 Å². The molecule has 3 rings (SSSR count). The van der Waals surface area contributed by atoms with Gasteiger partial charge in [0.1, 0.15) is 11.3 Å². The van der Waals surface area contributed by atoms with Crippen LogP contribution in [0.1, 0.15) is 11.3 Å². The molecule has 3 heteroatoms. The van der Waals surface area contributed by atoms with Gasteiger partial charge in [0.15, 0.2) is 5.43 Å². The van der Waals surface area contributed by atoms with Crippen LogP contribution in [0.4, 0.5) is 0 Å². The van der Waals surface area contributed by atoms with Crippen molar-refractivity contribution in [3.05, 3.63) is 79.7 Å². The molecule has 2 aromatic carbocycles. The van der Waals surface area contributed by atoms with Crippen molar-refractivity contribution in [2.45, 2.75) is 0 Å². The van der Waals surface area contributed by atoms with Crippen LogP contribution in [0, 0.1) is 3.57 Å². The molecule has 0 spiro atoms. The van der Waals surface area contributed by atoms with E-state index in [4.69, 9.17) is 4.42 Å². The maximum Gasteiger partial charge on any atom is 0.193 e. The van der Waals surface area contributed by atoms with Gasteiger partial charge in [0.2, 0.25) is 0 Å². The van der Waals surface area contributed by atoms with E-state index in [1.165, 1.54) is 6.07 Å². The van der Waals surface area contributed by atoms with Gasteiger partial charge in [-0.2, -0.15) is 0 Å². The van der Waals surface area contributed by atoms with E-state index in [9.17, 15) is 4.79 Å². The van der Waals surface area contributed by atoms with Crippen LogP contribution in [0.3, 0.4) is 0 Å². The molecule has 0 radical (unpaired) electrons. The van der Waals surface area contributed by atoms with Gasteiger partial charge in [-0.05, 0) is 52.4 Å². The minimum Gasteiger partial charge on any atom is -0.456 e. The SMILES string of the molecule is O=c1cc(/C=C/c2ccccc2)oc2ccc(I)cc12. The molecule has 1 heterocycles. The minimum absolute atomic E-state index is 0.0162. The van der Waals surface area contributed by atoms with Crippen molar-refractivity contribution in [1.82, 2.24) is 0 Å². The van der Waals surface area contributed by atoms with Crippen LogP contribution < -0.4 is 5.43 Å². The van der Waals surface area contributed by atoms with Gasteiger partial charge in [0, 0.05) is 9.64 Å². The molecule has 20 heavy (non-hydrogen) atoms. The first-order chi connectivity index (χ1) is 9.72. The van der Waals surface area contributed by atoms with Crippen LogP contribution in [0.25, 0.3) is 23.1 Å². The van der Waals surface area contributed by atoms with Gasteiger partial charge in [-0.3, -0.25) is 4.79 Å². The van der Waals surface area contributed by atoms with Crippen molar-refractivity contribution in [3.8, 4) is 0 Å². The number of rotatable bonds is 2. The Bertz CT molecular complexity index is 832. The van der Waals surface area contributed by atoms with Crippen molar-refractivity contribution in [1.29, 1.82) is 0 Å². The van der Waals surface area contributed by atoms with E-state index < -0.39 is 0 Å². The Morgan fingerprint density at radius 3 is 2.55 bits per heavy atom. The first-order valence-corrected chi connectivity index (χ1v) is 7.27. The summed E-state index contributed by atoms with van der Waals surface area (Å²) in [6.07, 6.45) is 3.74. The first kappa shape index (κ1) is 13.1. The highest BCUT2D eigenvalue weighted by molar-refractivity contribution is 14.1. The van der Waals surface area contributed by atoms with Crippen molar-refractivity contribution < 1.29 is 4.42 Å². The second-order valence-electron chi connectivity index (χ2n) is 4.40. The predicted molar refractivity (Wildman–Crippen MR) is 90.6 cm³/mol. The van der Waals surface area contributed by atoms with Crippen LogP contribution in [-0.4, -0.2) is 0 Å². The average Bonchev–Trinajstić information content (AvgIpc) is 2.47. The van der Waals surface area contributed by atoms with Gasteiger partial charge in [-0.1, -0.05) is 36.4 Å². The van der Waals surface area contributed by atoms with Gasteiger partial charge in [0.25, 0.3) is 0 Å². The zero-order valence-electron chi connectivity index (χ0n) is 10.5. The summed E-state index contributed by atoms with van der Waals surface area (Å²) in [5.41, 5.74) is 1.67. The minimum atomic E-state index is -0.0162. The lowest BCUT2D eigenvalue weighted by Gasteiger charge is -1.99. The van der Waals surface area contributed by atoms with Gasteiger partial charge >= 0.3 is 0 Å². The molecule has 1 aromatic heterocycles. The topological polar surface area (TPSA) is 30.2 Å². The molecule has 0 saturated carbocycles. The Morgan fingerprint density at radius 1 is 0.950 bits per heavy atom. The molecule has 0 aliphatic rings. The fourth-order valence-electron chi connectivity index (χ4n) is 1.97. The second-order valence-corrected chi connectivity index (χ2v) is 5.64. The molecule has 0 saturated heterocycles. The Labute approximate surface area is 129 Å². The largest absolute Gasteiger partial charge is 0.456 e. The Morgan fingerprint density at radius 2 is 1.75 bits per heavy atom. The lowest BCUT2D eigenvalue weighted by Crippen LogP contribution is -2.00. The van der Waals surface area contributed by atoms with E-state index in [2.05, 4.69) is 22.6 Å². The molecule has 2 nitrogen and oxygen atoms in total. The van der Waals surface area contributed by atoms with E-state index in [1.54, 1.807) is 0 Å². The van der Waals surface area contributed by atoms with E-state index >= 15 is 0 Å². The first-order valence-electron chi connectivity index (χ1n) is 6.19. The third-order valence-corrected chi connectivity index (χ3v) is 3.62. The van der Waals surface area contributed by atoms with Crippen LogP contribution in [0.5, 0.6) is 0 Å². The average molecular weight is 374 g/mol. The second kappa shape index (κ2) is 5.63. The Balaban J connectivity index is 2.03. The van der Waals surface area contributed by atoms with Crippen molar-refractivity contribution in [2.75, 3.05) is 0 Å². The summed E-state index contributed by atoms with van der Waals surface area (Å²) in [6.45, 7) is 0. The quantitative estimate of drug-likeness (QED) is 0.616. The van der Waals surface area contributed by atoms with Gasteiger partial charge in [0.05, 0.1) is 5.39 Å². The summed E-state index contributed by atoms with van der Waals surface area (Å²) in [7, 11) is 0. The molecule has 0 N–H and O–H groups in total. The normalized spacial score (nSPS) is 11.2. The van der Waals surface area contributed by atoms with Gasteiger partial charge < -0.3 is 4.42 Å². The van der Waals surface area contributed by atoms with Crippen LogP contribution in [0.15, 0.2) is 63.8 Å². The number of halogens is 1. The zero-order chi connectivity index (χ0) is 13.9. The number of hydrogen-bond acceptors (Lipinski definition) is 2. The highest BCUT2D eigenvalue weighted by Gasteiger charge is 2.03. The molecule has 0 bridgehead atoms. The van der Waals surface area contributed by atoms with Gasteiger partial charge in [-0.15, -0.1) is 0 Å². The molecule has 0 atom stereocenters. The van der Waals surface area contributed by atoms with Crippen LogP contribution >= 0.6 is 22.6 Å². The Kier molecular flexibility index (Phi) is 3.69. The molecule has 0 unspecified atom stereocenters. The van der Waals surface area contributed by atoms with E-state index in [-0.39, 0.29) is 5.43 Å². The maximum atomic E-state index is 12.1. The number of fused-ring (bicyclic) bond motifs is 1. The smallest absolute Gasteiger partial charge is 0.193 e. The highest BCUT2D eigenvalue weighted by Crippen LogP contribution is 2.17. The molecule has 0 amide bonds. The molecule has 98 valence electrons. The maximum absolute atomic E-state index is 12.1. The van der Waals surface area contributed by atoms with Crippen LogP contribution in [-0.2, 0) is 0 Å². The summed E-state index contributed by atoms with van der Waals surface area (Å²) in [6, 6.07) is 17.0. The zero-order valence-corrected chi connectivity index (χ0v) is 12.7. The number of benzene rings is 2. The standard InChI is InChI=1S/C17H11IO2/c18-13-7-9-17-15(10-13)16(19)11-14(20-17)8-6-12-4-2-1-3-5-12/h1-11H/b8-6+. The van der Waals surface area contributed by atoms with Gasteiger partial charge in [-0.25, -0.2) is 0 Å². The summed E-state index contributed by atoms with van der Waals surface area (Å²) in [4.78, 5) is 12.1. The third-order valence-electron chi connectivity index (χ3n) is 2.95. The summed E-state index contributed by atoms with van der Waals surface area (Å²) >= 11 is 2.18. The molecular formula is C17H11IO2. The van der Waals surface area contributed by atoms with E-state index in [1.807, 2.05) is 60.7 Å². The lowest BCUT2D eigenvalue weighted by atomic mass is 10.2. The van der Waals surface area contributed by atoms with Crippen molar-refractivity contribution in [2.24, 2.45) is 0 Å². The molecule has 0 aliphatic carbocycles. The van der Waals surface area contributed by atoms with Crippen LogP contribution in [0.2, 0.25) is 0 Å². The molecule has 0 fully saturated rings. The van der Waals surface area contributed by atoms with Crippen molar-refractivity contribution in [3.63, 3.8) is 0 Å². The summed E-state index contributed by atoms with van der Waals surface area (Å²) in [5, 5.41) is 0.619. The lowest BCUT2D eigenvalue weighted by molar-refractivity contribution is 0.591. The highest BCUT2D eigenvalue weighted by atomic mass is 127. The monoisotopic (exact) mass is 374 g/mol. The van der Waals surface area contributed by atoms with Crippen molar-refractivity contribution >= 4 is 45.7 Å². The molecular weight excluding hydrogens is 363 g/mol. The summed E-state index contributed by atoms with van der Waals surface area (Å²) in [5.74, 6) is 0.563. The van der Waals surface area contributed by atoms with E-state index in [0.717, 1.165) is 9.13 Å². The summed E-state index contributed by atoms with van der Waals surface area (Å²) < 4.78 is 6.75. The number of hydrogen-bond donors (Lipinski definition) is 0. The fraction of sp³-hybridized carbons (Fsp3) is 0. The Hall–Kier alpha value is -1.88. The predicted octanol–water partition coefficient (Wildman–Crippen LogP) is 4.57. The molecule has 3 aromatic rings. The third kappa shape index (κ3) is 2.82. The fourth-order valence-corrected chi connectivity index (χ4v) is 2.46.